The molecule has 1 aromatic rings. The summed E-state index contributed by atoms with van der Waals surface area (Å²) < 4.78 is 18.0. The van der Waals surface area contributed by atoms with Crippen molar-refractivity contribution in [3.05, 3.63) is 30.3 Å². The number of likely N-dealkylation sites (N-methyl/N-ethyl adjacent to an activating group) is 1. The topological polar surface area (TPSA) is 38.8 Å². The van der Waals surface area contributed by atoms with Gasteiger partial charge in [0.15, 0.2) is 0 Å². The van der Waals surface area contributed by atoms with Gasteiger partial charge in [-0.05, 0) is 39.1 Å². The third kappa shape index (κ3) is 2.88. The molecule has 2 fully saturated rings. The highest BCUT2D eigenvalue weighted by Crippen LogP contribution is 2.59. The number of nitrogens with zero attached hydrogens (tertiary/aromatic N) is 3. The molecule has 0 aromatic heterocycles. The molecule has 21 heavy (non-hydrogen) atoms. The summed E-state index contributed by atoms with van der Waals surface area (Å²) in [5.74, 6) is 0. The van der Waals surface area contributed by atoms with Crippen molar-refractivity contribution >= 4 is 13.3 Å². The molecule has 2 saturated heterocycles. The van der Waals surface area contributed by atoms with E-state index in [0.717, 1.165) is 44.7 Å². The molecule has 1 aromatic carbocycles. The molecule has 0 spiro atoms. The molecule has 3 rings (SSSR count). The lowest BCUT2D eigenvalue weighted by Crippen LogP contribution is -2.33. The van der Waals surface area contributed by atoms with Gasteiger partial charge < -0.3 is 4.90 Å². The molecule has 0 unspecified atom stereocenters. The van der Waals surface area contributed by atoms with Crippen molar-refractivity contribution in [2.45, 2.75) is 18.9 Å². The summed E-state index contributed by atoms with van der Waals surface area (Å²) in [4.78, 5) is 2.11. The van der Waals surface area contributed by atoms with Gasteiger partial charge >= 0.3 is 7.59 Å². The van der Waals surface area contributed by atoms with Crippen LogP contribution in [-0.4, -0.2) is 55.9 Å². The van der Waals surface area contributed by atoms with Crippen molar-refractivity contribution in [2.75, 3.05) is 44.9 Å². The van der Waals surface area contributed by atoms with Gasteiger partial charge in [0.05, 0.1) is 0 Å². The first-order chi connectivity index (χ1) is 10.1. The van der Waals surface area contributed by atoms with Crippen LogP contribution in [0.3, 0.4) is 0 Å². The predicted octanol–water partition coefficient (Wildman–Crippen LogP) is 2.23. The molecule has 0 saturated carbocycles. The Kier molecular flexibility index (Phi) is 4.36. The summed E-state index contributed by atoms with van der Waals surface area (Å²) >= 11 is 0. The lowest BCUT2D eigenvalue weighted by atomic mass is 10.2. The van der Waals surface area contributed by atoms with E-state index >= 15 is 0 Å². The number of hydrogen-bond donors (Lipinski definition) is 1. The van der Waals surface area contributed by atoms with E-state index in [1.165, 1.54) is 0 Å². The van der Waals surface area contributed by atoms with Gasteiger partial charge in [0.25, 0.3) is 0 Å². The molecule has 1 N–H and O–H groups in total. The zero-order valence-corrected chi connectivity index (χ0v) is 13.8. The third-order valence-corrected chi connectivity index (χ3v) is 7.24. The zero-order chi connectivity index (χ0) is 14.9. The summed E-state index contributed by atoms with van der Waals surface area (Å²) in [5.41, 5.74) is 1.06. The Morgan fingerprint density at radius 2 is 2.10 bits per heavy atom. The van der Waals surface area contributed by atoms with Gasteiger partial charge in [0, 0.05) is 37.9 Å². The second-order valence-electron chi connectivity index (χ2n) is 6.13. The Balaban J connectivity index is 1.83. The maximum atomic E-state index is 13.7. The highest BCUT2D eigenvalue weighted by Gasteiger charge is 2.50. The van der Waals surface area contributed by atoms with Gasteiger partial charge in [-0.15, -0.1) is 0 Å². The fourth-order valence-corrected chi connectivity index (χ4v) is 6.19. The summed E-state index contributed by atoms with van der Waals surface area (Å²) in [6.07, 6.45) is 2.31. The molecule has 0 bridgehead atoms. The molecule has 2 aliphatic heterocycles. The smallest absolute Gasteiger partial charge is 0.308 e. The van der Waals surface area contributed by atoms with Crippen LogP contribution in [0.1, 0.15) is 12.8 Å². The lowest BCUT2D eigenvalue weighted by molar-refractivity contribution is 0.398. The molecule has 0 radical (unpaired) electrons. The molecular weight excluding hydrogens is 283 g/mol. The number of nitrogens with one attached hydrogen (secondary N) is 1. The fourth-order valence-electron chi connectivity index (χ4n) is 3.27. The van der Waals surface area contributed by atoms with Crippen LogP contribution in [0.25, 0.3) is 0 Å². The molecular formula is C15H25N4OP. The molecule has 2 aliphatic rings. The Morgan fingerprint density at radius 3 is 2.81 bits per heavy atom. The van der Waals surface area contributed by atoms with Crippen LogP contribution in [0.4, 0.5) is 5.69 Å². The number of para-hydroxylation sites is 1. The quantitative estimate of drug-likeness (QED) is 0.845. The zero-order valence-electron chi connectivity index (χ0n) is 12.9. The molecule has 116 valence electrons. The average molecular weight is 308 g/mol. The second kappa shape index (κ2) is 6.09. The van der Waals surface area contributed by atoms with Crippen LogP contribution < -0.4 is 9.76 Å². The molecule has 2 heterocycles. The Labute approximate surface area is 127 Å². The Bertz CT molecular complexity index is 522. The highest BCUT2D eigenvalue weighted by molar-refractivity contribution is 7.61. The first-order valence-electron chi connectivity index (χ1n) is 7.71. The van der Waals surface area contributed by atoms with Gasteiger partial charge in [-0.2, -0.15) is 0 Å². The number of hydrogen-bond acceptors (Lipinski definition) is 2. The van der Waals surface area contributed by atoms with Gasteiger partial charge in [0.1, 0.15) is 0 Å². The monoisotopic (exact) mass is 308 g/mol. The van der Waals surface area contributed by atoms with Gasteiger partial charge in [-0.25, -0.2) is 9.76 Å². The number of rotatable bonds is 5. The maximum Gasteiger partial charge on any atom is 0.308 e. The van der Waals surface area contributed by atoms with E-state index in [-0.39, 0.29) is 0 Å². The Hall–Kier alpha value is -0.870. The van der Waals surface area contributed by atoms with Crippen LogP contribution >= 0.6 is 7.59 Å². The van der Waals surface area contributed by atoms with E-state index in [2.05, 4.69) is 31.5 Å². The predicted molar refractivity (Wildman–Crippen MR) is 87.7 cm³/mol. The minimum absolute atomic E-state index is 0.433. The molecule has 0 aliphatic carbocycles. The van der Waals surface area contributed by atoms with E-state index in [1.807, 2.05) is 32.3 Å². The summed E-state index contributed by atoms with van der Waals surface area (Å²) in [6.45, 7) is 3.46. The lowest BCUT2D eigenvalue weighted by Gasteiger charge is -2.31. The van der Waals surface area contributed by atoms with Crippen LogP contribution in [0.15, 0.2) is 30.3 Å². The standard InChI is InChI=1S/C15H25N4OP/c1-17(2)12-10-16-21(20)18-11-6-9-15(18)13-19(21)14-7-4-3-5-8-14/h3-5,7-8,15H,6,9-13H2,1-2H3,(H,16,20)/t15-,21-/m0/s1. The number of benzene rings is 1. The second-order valence-corrected chi connectivity index (χ2v) is 8.53. The largest absolute Gasteiger partial charge is 0.308 e. The van der Waals surface area contributed by atoms with E-state index < -0.39 is 7.59 Å². The molecule has 2 atom stereocenters. The number of anilines is 1. The molecule has 5 nitrogen and oxygen atoms in total. The van der Waals surface area contributed by atoms with Gasteiger partial charge in [0.2, 0.25) is 0 Å². The third-order valence-electron chi connectivity index (χ3n) is 4.34. The average Bonchev–Trinajstić information content (AvgIpc) is 3.02. The van der Waals surface area contributed by atoms with Gasteiger partial charge in [-0.3, -0.25) is 9.24 Å². The normalized spacial score (nSPS) is 29.3. The van der Waals surface area contributed by atoms with Crippen molar-refractivity contribution < 1.29 is 4.57 Å². The first-order valence-corrected chi connectivity index (χ1v) is 9.32. The van der Waals surface area contributed by atoms with Crippen molar-refractivity contribution in [3.63, 3.8) is 0 Å². The molecule has 0 amide bonds. The fraction of sp³-hybridized carbons (Fsp3) is 0.600. The Morgan fingerprint density at radius 1 is 1.33 bits per heavy atom. The van der Waals surface area contributed by atoms with E-state index in [4.69, 9.17) is 0 Å². The van der Waals surface area contributed by atoms with Crippen molar-refractivity contribution in [3.8, 4) is 0 Å². The maximum absolute atomic E-state index is 13.7. The van der Waals surface area contributed by atoms with Crippen LogP contribution in [0.2, 0.25) is 0 Å². The van der Waals surface area contributed by atoms with Crippen LogP contribution in [0.5, 0.6) is 0 Å². The van der Waals surface area contributed by atoms with Crippen molar-refractivity contribution in [1.82, 2.24) is 14.7 Å². The SMILES string of the molecule is CN(C)CCN[P@@]1(=O)N(c2ccccc2)C[C@@H]2CCCN21. The van der Waals surface area contributed by atoms with E-state index in [1.54, 1.807) is 0 Å². The van der Waals surface area contributed by atoms with E-state index in [9.17, 15) is 4.57 Å². The first kappa shape index (κ1) is 15.0. The summed E-state index contributed by atoms with van der Waals surface area (Å²) in [6, 6.07) is 10.6. The highest BCUT2D eigenvalue weighted by atomic mass is 31.2. The van der Waals surface area contributed by atoms with Crippen molar-refractivity contribution in [2.24, 2.45) is 0 Å². The minimum Gasteiger partial charge on any atom is -0.308 e. The van der Waals surface area contributed by atoms with E-state index in [0.29, 0.717) is 6.04 Å². The summed E-state index contributed by atoms with van der Waals surface area (Å²) in [7, 11) is 1.41. The van der Waals surface area contributed by atoms with Gasteiger partial charge in [-0.1, -0.05) is 18.2 Å². The van der Waals surface area contributed by atoms with Crippen molar-refractivity contribution in [1.29, 1.82) is 0 Å². The van der Waals surface area contributed by atoms with Crippen LogP contribution in [0, 0.1) is 0 Å². The minimum atomic E-state index is -2.67. The number of fused-ring (bicyclic) bond motifs is 1. The van der Waals surface area contributed by atoms with Crippen LogP contribution in [-0.2, 0) is 4.57 Å². The summed E-state index contributed by atoms with van der Waals surface area (Å²) in [5, 5.41) is 3.38. The molecule has 6 heteroatoms.